The minimum atomic E-state index is -0.821. The highest BCUT2D eigenvalue weighted by molar-refractivity contribution is 5.88. The van der Waals surface area contributed by atoms with E-state index >= 15 is 0 Å². The van der Waals surface area contributed by atoms with Crippen LogP contribution < -0.4 is 0 Å². The maximum atomic E-state index is 12.1. The van der Waals surface area contributed by atoms with E-state index in [0.717, 1.165) is 32.1 Å². The molecule has 0 aromatic heterocycles. The summed E-state index contributed by atoms with van der Waals surface area (Å²) < 4.78 is 0. The smallest absolute Gasteiger partial charge is 0.309 e. The van der Waals surface area contributed by atoms with Gasteiger partial charge in [0, 0.05) is 13.1 Å². The SMILES string of the molecule is CCCCC1C(=O)N(CCCC)CC1C(=O)O. The number of carboxylic acid groups (broad SMARTS) is 1. The van der Waals surface area contributed by atoms with Crippen LogP contribution in [0, 0.1) is 11.8 Å². The van der Waals surface area contributed by atoms with E-state index in [1.165, 1.54) is 0 Å². The van der Waals surface area contributed by atoms with Crippen LogP contribution in [0.1, 0.15) is 46.0 Å². The molecule has 4 heteroatoms. The first kappa shape index (κ1) is 14.0. The Hall–Kier alpha value is -1.06. The highest BCUT2D eigenvalue weighted by Crippen LogP contribution is 2.29. The normalized spacial score (nSPS) is 24.4. The number of carbonyl (C=O) groups is 2. The van der Waals surface area contributed by atoms with Crippen molar-refractivity contribution in [3.05, 3.63) is 0 Å². The van der Waals surface area contributed by atoms with Crippen LogP contribution in [-0.2, 0) is 9.59 Å². The molecule has 1 heterocycles. The van der Waals surface area contributed by atoms with Crippen molar-refractivity contribution in [2.75, 3.05) is 13.1 Å². The standard InChI is InChI=1S/C13H23NO3/c1-3-5-7-10-11(13(16)17)9-14(12(10)15)8-6-4-2/h10-11H,3-9H2,1-2H3,(H,16,17). The van der Waals surface area contributed by atoms with E-state index in [2.05, 4.69) is 13.8 Å². The molecule has 1 aliphatic heterocycles. The molecule has 0 aromatic rings. The molecule has 4 nitrogen and oxygen atoms in total. The number of likely N-dealkylation sites (tertiary alicyclic amines) is 1. The van der Waals surface area contributed by atoms with E-state index in [0.29, 0.717) is 13.1 Å². The van der Waals surface area contributed by atoms with Crippen molar-refractivity contribution >= 4 is 11.9 Å². The Labute approximate surface area is 103 Å². The van der Waals surface area contributed by atoms with Gasteiger partial charge in [0.1, 0.15) is 0 Å². The average Bonchev–Trinajstić information content (AvgIpc) is 2.61. The maximum absolute atomic E-state index is 12.1. The average molecular weight is 241 g/mol. The number of hydrogen-bond donors (Lipinski definition) is 1. The van der Waals surface area contributed by atoms with Crippen LogP contribution in [0.5, 0.6) is 0 Å². The highest BCUT2D eigenvalue weighted by atomic mass is 16.4. The molecule has 1 amide bonds. The number of carbonyl (C=O) groups excluding carboxylic acids is 1. The fourth-order valence-corrected chi connectivity index (χ4v) is 2.41. The number of unbranched alkanes of at least 4 members (excludes halogenated alkanes) is 2. The quantitative estimate of drug-likeness (QED) is 0.743. The highest BCUT2D eigenvalue weighted by Gasteiger charge is 2.43. The van der Waals surface area contributed by atoms with Crippen molar-refractivity contribution in [2.24, 2.45) is 11.8 Å². The van der Waals surface area contributed by atoms with Gasteiger partial charge in [-0.05, 0) is 12.8 Å². The van der Waals surface area contributed by atoms with Gasteiger partial charge in [-0.1, -0.05) is 33.1 Å². The molecule has 1 rings (SSSR count). The number of amides is 1. The first-order valence-corrected chi connectivity index (χ1v) is 6.63. The van der Waals surface area contributed by atoms with Crippen molar-refractivity contribution in [1.29, 1.82) is 0 Å². The van der Waals surface area contributed by atoms with E-state index in [9.17, 15) is 9.59 Å². The molecular formula is C13H23NO3. The predicted octanol–water partition coefficient (Wildman–Crippen LogP) is 2.14. The Morgan fingerprint density at radius 1 is 1.35 bits per heavy atom. The minimum Gasteiger partial charge on any atom is -0.481 e. The molecule has 17 heavy (non-hydrogen) atoms. The summed E-state index contributed by atoms with van der Waals surface area (Å²) in [5.41, 5.74) is 0. The number of aliphatic carboxylic acids is 1. The molecule has 0 aromatic carbocycles. The van der Waals surface area contributed by atoms with E-state index in [4.69, 9.17) is 5.11 Å². The molecule has 0 saturated carbocycles. The Kier molecular flexibility index (Phi) is 5.45. The predicted molar refractivity (Wildman–Crippen MR) is 65.6 cm³/mol. The van der Waals surface area contributed by atoms with Crippen molar-refractivity contribution in [3.63, 3.8) is 0 Å². The molecule has 2 atom stereocenters. The second-order valence-electron chi connectivity index (χ2n) is 4.83. The van der Waals surface area contributed by atoms with Gasteiger partial charge >= 0.3 is 5.97 Å². The summed E-state index contributed by atoms with van der Waals surface area (Å²) in [4.78, 5) is 25.0. The van der Waals surface area contributed by atoms with Crippen molar-refractivity contribution < 1.29 is 14.7 Å². The molecule has 2 unspecified atom stereocenters. The molecule has 0 bridgehead atoms. The van der Waals surface area contributed by atoms with Gasteiger partial charge < -0.3 is 10.0 Å². The van der Waals surface area contributed by atoms with Gasteiger partial charge in [0.05, 0.1) is 11.8 Å². The van der Waals surface area contributed by atoms with Crippen LogP contribution in [-0.4, -0.2) is 35.0 Å². The summed E-state index contributed by atoms with van der Waals surface area (Å²) in [6.45, 7) is 5.25. The van der Waals surface area contributed by atoms with Crippen LogP contribution in [0.3, 0.4) is 0 Å². The summed E-state index contributed by atoms with van der Waals surface area (Å²) >= 11 is 0. The van der Waals surface area contributed by atoms with Crippen LogP contribution in [0.4, 0.5) is 0 Å². The summed E-state index contributed by atoms with van der Waals surface area (Å²) in [5, 5.41) is 9.17. The van der Waals surface area contributed by atoms with Gasteiger partial charge in [0.15, 0.2) is 0 Å². The van der Waals surface area contributed by atoms with Crippen LogP contribution in [0.15, 0.2) is 0 Å². The zero-order valence-electron chi connectivity index (χ0n) is 10.8. The molecule has 1 saturated heterocycles. The Morgan fingerprint density at radius 3 is 2.53 bits per heavy atom. The molecule has 0 spiro atoms. The number of hydrogen-bond acceptors (Lipinski definition) is 2. The van der Waals surface area contributed by atoms with Crippen molar-refractivity contribution in [2.45, 2.75) is 46.0 Å². The lowest BCUT2D eigenvalue weighted by Gasteiger charge is -2.15. The fraction of sp³-hybridized carbons (Fsp3) is 0.846. The monoisotopic (exact) mass is 241 g/mol. The molecule has 1 N–H and O–H groups in total. The van der Waals surface area contributed by atoms with Gasteiger partial charge in [-0.2, -0.15) is 0 Å². The van der Waals surface area contributed by atoms with Crippen LogP contribution >= 0.6 is 0 Å². The van der Waals surface area contributed by atoms with Crippen molar-refractivity contribution in [1.82, 2.24) is 4.90 Å². The Bertz CT molecular complexity index is 278. The number of carboxylic acids is 1. The Morgan fingerprint density at radius 2 is 2.00 bits per heavy atom. The second-order valence-corrected chi connectivity index (χ2v) is 4.83. The molecular weight excluding hydrogens is 218 g/mol. The maximum Gasteiger partial charge on any atom is 0.309 e. The summed E-state index contributed by atoms with van der Waals surface area (Å²) in [6, 6.07) is 0. The van der Waals surface area contributed by atoms with Crippen molar-refractivity contribution in [3.8, 4) is 0 Å². The van der Waals surface area contributed by atoms with Gasteiger partial charge in [0.2, 0.25) is 5.91 Å². The lowest BCUT2D eigenvalue weighted by atomic mass is 9.91. The van der Waals surface area contributed by atoms with E-state index < -0.39 is 11.9 Å². The third kappa shape index (κ3) is 3.45. The van der Waals surface area contributed by atoms with Gasteiger partial charge in [-0.3, -0.25) is 9.59 Å². The van der Waals surface area contributed by atoms with Crippen LogP contribution in [0.25, 0.3) is 0 Å². The van der Waals surface area contributed by atoms with Crippen LogP contribution in [0.2, 0.25) is 0 Å². The lowest BCUT2D eigenvalue weighted by Crippen LogP contribution is -2.28. The summed E-state index contributed by atoms with van der Waals surface area (Å²) in [5.74, 6) is -1.55. The van der Waals surface area contributed by atoms with E-state index in [1.807, 2.05) is 0 Å². The molecule has 0 aliphatic carbocycles. The largest absolute Gasteiger partial charge is 0.481 e. The molecule has 1 fully saturated rings. The molecule has 0 radical (unpaired) electrons. The molecule has 1 aliphatic rings. The summed E-state index contributed by atoms with van der Waals surface area (Å²) in [6.07, 6.45) is 4.64. The van der Waals surface area contributed by atoms with E-state index in [-0.39, 0.29) is 11.8 Å². The van der Waals surface area contributed by atoms with Gasteiger partial charge in [0.25, 0.3) is 0 Å². The zero-order chi connectivity index (χ0) is 12.8. The number of nitrogens with zero attached hydrogens (tertiary/aromatic N) is 1. The van der Waals surface area contributed by atoms with Gasteiger partial charge in [-0.15, -0.1) is 0 Å². The third-order valence-corrected chi connectivity index (χ3v) is 3.50. The third-order valence-electron chi connectivity index (χ3n) is 3.50. The topological polar surface area (TPSA) is 57.6 Å². The zero-order valence-corrected chi connectivity index (χ0v) is 10.8. The number of rotatable bonds is 7. The van der Waals surface area contributed by atoms with E-state index in [1.54, 1.807) is 4.90 Å². The first-order valence-electron chi connectivity index (χ1n) is 6.63. The lowest BCUT2D eigenvalue weighted by molar-refractivity contribution is -0.144. The second kappa shape index (κ2) is 6.62. The first-order chi connectivity index (χ1) is 8.11. The summed E-state index contributed by atoms with van der Waals surface area (Å²) in [7, 11) is 0. The fourth-order valence-electron chi connectivity index (χ4n) is 2.41. The molecule has 98 valence electrons. The minimum absolute atomic E-state index is 0.0549. The van der Waals surface area contributed by atoms with Gasteiger partial charge in [-0.25, -0.2) is 0 Å². The Balaban J connectivity index is 2.64.